The third kappa shape index (κ3) is 4.14. The molecule has 0 bridgehead atoms. The van der Waals surface area contributed by atoms with Gasteiger partial charge in [-0.1, -0.05) is 13.0 Å². The minimum Gasteiger partial charge on any atom is -0.507 e. The van der Waals surface area contributed by atoms with Crippen LogP contribution in [-0.2, 0) is 10.0 Å². The molecule has 0 aliphatic carbocycles. The maximum absolute atomic E-state index is 13.4. The Labute approximate surface area is 149 Å². The van der Waals surface area contributed by atoms with Crippen molar-refractivity contribution in [2.24, 2.45) is 5.10 Å². The number of nitrogens with one attached hydrogen (secondary N) is 1. The van der Waals surface area contributed by atoms with Crippen LogP contribution in [0.15, 0.2) is 46.4 Å². The minimum absolute atomic E-state index is 0.0464. The van der Waals surface area contributed by atoms with Gasteiger partial charge in [0, 0.05) is 17.2 Å². The summed E-state index contributed by atoms with van der Waals surface area (Å²) in [6.07, 6.45) is 0.202. The minimum atomic E-state index is -4.19. The van der Waals surface area contributed by atoms with Crippen LogP contribution >= 0.6 is 0 Å². The largest absolute Gasteiger partial charge is 0.507 e. The molecule has 0 aliphatic rings. The SMILES string of the molecule is CC/C(=N\NS(=O)(=O)c1ccc(C)c([N+](=O)[O-])c1)c1cc(F)ccc1O. The number of halogens is 1. The Morgan fingerprint density at radius 1 is 1.31 bits per heavy atom. The van der Waals surface area contributed by atoms with Gasteiger partial charge in [-0.15, -0.1) is 0 Å². The Morgan fingerprint density at radius 3 is 2.62 bits per heavy atom. The summed E-state index contributed by atoms with van der Waals surface area (Å²) in [5, 5.41) is 24.5. The lowest BCUT2D eigenvalue weighted by molar-refractivity contribution is -0.385. The summed E-state index contributed by atoms with van der Waals surface area (Å²) in [4.78, 5) is 11.9. The molecule has 2 aromatic rings. The van der Waals surface area contributed by atoms with E-state index in [2.05, 4.69) is 5.10 Å². The Balaban J connectivity index is 2.39. The highest BCUT2D eigenvalue weighted by Crippen LogP contribution is 2.23. The Kier molecular flexibility index (Phi) is 5.56. The van der Waals surface area contributed by atoms with E-state index in [0.717, 1.165) is 24.3 Å². The van der Waals surface area contributed by atoms with Crippen molar-refractivity contribution >= 4 is 21.4 Å². The van der Waals surface area contributed by atoms with E-state index in [4.69, 9.17) is 0 Å². The molecule has 2 rings (SSSR count). The van der Waals surface area contributed by atoms with Gasteiger partial charge in [0.25, 0.3) is 15.7 Å². The number of phenols is 1. The van der Waals surface area contributed by atoms with Crippen LogP contribution in [0.25, 0.3) is 0 Å². The zero-order chi connectivity index (χ0) is 19.5. The highest BCUT2D eigenvalue weighted by Gasteiger charge is 2.20. The van der Waals surface area contributed by atoms with Gasteiger partial charge in [0.05, 0.1) is 15.5 Å². The summed E-state index contributed by atoms with van der Waals surface area (Å²) >= 11 is 0. The molecular formula is C16H16FN3O5S. The Hall–Kier alpha value is -3.01. The number of aromatic hydroxyl groups is 1. The van der Waals surface area contributed by atoms with Gasteiger partial charge in [0.15, 0.2) is 0 Å². The first-order valence-corrected chi connectivity index (χ1v) is 8.96. The zero-order valence-corrected chi connectivity index (χ0v) is 14.7. The predicted octanol–water partition coefficient (Wildman–Crippen LogP) is 2.84. The molecule has 2 aromatic carbocycles. The fourth-order valence-corrected chi connectivity index (χ4v) is 3.04. The van der Waals surface area contributed by atoms with Gasteiger partial charge < -0.3 is 5.11 Å². The quantitative estimate of drug-likeness (QED) is 0.453. The Bertz CT molecular complexity index is 989. The second-order valence-corrected chi connectivity index (χ2v) is 7.03. The summed E-state index contributed by atoms with van der Waals surface area (Å²) in [5.41, 5.74) is 0.129. The van der Waals surface area contributed by atoms with Crippen molar-refractivity contribution in [3.05, 3.63) is 63.5 Å². The fraction of sp³-hybridized carbons (Fsp3) is 0.188. The summed E-state index contributed by atoms with van der Waals surface area (Å²) in [7, 11) is -4.19. The molecule has 0 spiro atoms. The van der Waals surface area contributed by atoms with Gasteiger partial charge in [-0.3, -0.25) is 10.1 Å². The average molecular weight is 381 g/mol. The number of nitro groups is 1. The number of benzene rings is 2. The van der Waals surface area contributed by atoms with Crippen LogP contribution in [0.3, 0.4) is 0 Å². The molecule has 26 heavy (non-hydrogen) atoms. The van der Waals surface area contributed by atoms with Crippen LogP contribution in [0.5, 0.6) is 5.75 Å². The molecular weight excluding hydrogens is 365 g/mol. The lowest BCUT2D eigenvalue weighted by Crippen LogP contribution is -2.21. The van der Waals surface area contributed by atoms with E-state index in [1.807, 2.05) is 4.83 Å². The second kappa shape index (κ2) is 7.48. The number of sulfonamides is 1. The molecule has 0 unspecified atom stereocenters. The molecule has 0 fully saturated rings. The number of nitrogens with zero attached hydrogens (tertiary/aromatic N) is 2. The maximum atomic E-state index is 13.4. The number of hydrazone groups is 1. The first kappa shape index (κ1) is 19.3. The van der Waals surface area contributed by atoms with Gasteiger partial charge in [0.2, 0.25) is 0 Å². The molecule has 0 amide bonds. The van der Waals surface area contributed by atoms with Crippen LogP contribution in [0, 0.1) is 22.9 Å². The lowest BCUT2D eigenvalue weighted by Gasteiger charge is -2.09. The van der Waals surface area contributed by atoms with E-state index in [1.165, 1.54) is 19.1 Å². The van der Waals surface area contributed by atoms with Gasteiger partial charge in [-0.2, -0.15) is 18.4 Å². The van der Waals surface area contributed by atoms with Gasteiger partial charge in [-0.05, 0) is 37.6 Å². The molecule has 0 radical (unpaired) electrons. The molecule has 10 heteroatoms. The van der Waals surface area contributed by atoms with E-state index in [9.17, 15) is 28.0 Å². The zero-order valence-electron chi connectivity index (χ0n) is 13.9. The van der Waals surface area contributed by atoms with Crippen molar-refractivity contribution in [2.75, 3.05) is 0 Å². The standard InChI is InChI=1S/C16H16FN3O5S/c1-3-14(13-8-11(17)5-7-16(13)21)18-19-26(24,25)12-6-4-10(2)15(9-12)20(22)23/h4-9,19,21H,3H2,1-2H3/b18-14+. The van der Waals surface area contributed by atoms with Gasteiger partial charge in [-0.25, -0.2) is 4.39 Å². The third-order valence-electron chi connectivity index (χ3n) is 3.59. The van der Waals surface area contributed by atoms with Crippen LogP contribution in [0.2, 0.25) is 0 Å². The molecule has 138 valence electrons. The first-order chi connectivity index (χ1) is 12.2. The van der Waals surface area contributed by atoms with Crippen molar-refractivity contribution in [3.8, 4) is 5.75 Å². The van der Waals surface area contributed by atoms with Crippen LogP contribution in [-0.4, -0.2) is 24.2 Å². The van der Waals surface area contributed by atoms with Crippen molar-refractivity contribution in [1.82, 2.24) is 4.83 Å². The summed E-state index contributed by atoms with van der Waals surface area (Å²) in [6.45, 7) is 3.14. The number of nitro benzene ring substituents is 1. The second-order valence-electron chi connectivity index (χ2n) is 5.37. The topological polar surface area (TPSA) is 122 Å². The summed E-state index contributed by atoms with van der Waals surface area (Å²) in [6, 6.07) is 6.68. The number of hydrogen-bond donors (Lipinski definition) is 2. The summed E-state index contributed by atoms with van der Waals surface area (Å²) < 4.78 is 38.1. The third-order valence-corrected chi connectivity index (χ3v) is 4.80. The van der Waals surface area contributed by atoms with Crippen molar-refractivity contribution in [2.45, 2.75) is 25.2 Å². The monoisotopic (exact) mass is 381 g/mol. The van der Waals surface area contributed by atoms with Crippen molar-refractivity contribution in [1.29, 1.82) is 0 Å². The van der Waals surface area contributed by atoms with E-state index in [-0.39, 0.29) is 34.0 Å². The highest BCUT2D eigenvalue weighted by molar-refractivity contribution is 7.89. The molecule has 0 saturated carbocycles. The molecule has 0 aliphatic heterocycles. The molecule has 0 heterocycles. The summed E-state index contributed by atoms with van der Waals surface area (Å²) in [5.74, 6) is -0.867. The van der Waals surface area contributed by atoms with Gasteiger partial charge >= 0.3 is 0 Å². The molecule has 0 atom stereocenters. The van der Waals surface area contributed by atoms with Crippen LogP contribution < -0.4 is 4.83 Å². The lowest BCUT2D eigenvalue weighted by atomic mass is 10.1. The normalized spacial score (nSPS) is 12.0. The van der Waals surface area contributed by atoms with E-state index in [1.54, 1.807) is 6.92 Å². The van der Waals surface area contributed by atoms with Crippen molar-refractivity contribution < 1.29 is 22.8 Å². The van der Waals surface area contributed by atoms with E-state index >= 15 is 0 Å². The fourth-order valence-electron chi connectivity index (χ4n) is 2.19. The molecule has 2 N–H and O–H groups in total. The smallest absolute Gasteiger partial charge is 0.276 e. The molecule has 0 aromatic heterocycles. The molecule has 8 nitrogen and oxygen atoms in total. The first-order valence-electron chi connectivity index (χ1n) is 7.48. The predicted molar refractivity (Wildman–Crippen MR) is 93.0 cm³/mol. The highest BCUT2D eigenvalue weighted by atomic mass is 32.2. The van der Waals surface area contributed by atoms with E-state index < -0.39 is 20.8 Å². The molecule has 0 saturated heterocycles. The number of phenolic OH excluding ortho intramolecular Hbond substituents is 1. The van der Waals surface area contributed by atoms with E-state index in [0.29, 0.717) is 5.56 Å². The van der Waals surface area contributed by atoms with Crippen LogP contribution in [0.1, 0.15) is 24.5 Å². The van der Waals surface area contributed by atoms with Crippen LogP contribution in [0.4, 0.5) is 10.1 Å². The van der Waals surface area contributed by atoms with Crippen molar-refractivity contribution in [3.63, 3.8) is 0 Å². The number of rotatable bonds is 6. The van der Waals surface area contributed by atoms with Gasteiger partial charge in [0.1, 0.15) is 11.6 Å². The Morgan fingerprint density at radius 2 is 2.00 bits per heavy atom. The average Bonchev–Trinajstić information content (AvgIpc) is 2.58. The maximum Gasteiger partial charge on any atom is 0.276 e. The number of aryl methyl sites for hydroxylation is 1. The number of hydrogen-bond acceptors (Lipinski definition) is 6.